The van der Waals surface area contributed by atoms with Crippen molar-refractivity contribution in [2.24, 2.45) is 0 Å². The number of carbonyl (C=O) groups is 2. The number of rotatable bonds is 6. The third-order valence-electron chi connectivity index (χ3n) is 2.33. The van der Waals surface area contributed by atoms with Gasteiger partial charge in [0.2, 0.25) is 11.8 Å². The van der Waals surface area contributed by atoms with Gasteiger partial charge in [0.05, 0.1) is 5.75 Å². The molecule has 5 heteroatoms. The molecular weight excluding hydrogens is 248 g/mol. The molecule has 0 spiro atoms. The van der Waals surface area contributed by atoms with Gasteiger partial charge in [-0.15, -0.1) is 0 Å². The van der Waals surface area contributed by atoms with E-state index in [0.717, 1.165) is 11.1 Å². The monoisotopic (exact) mass is 266 g/mol. The first kappa shape index (κ1) is 14.6. The molecule has 1 aromatic rings. The molecule has 0 unspecified atom stereocenters. The van der Waals surface area contributed by atoms with E-state index < -0.39 is 0 Å². The van der Waals surface area contributed by atoms with Crippen molar-refractivity contribution in [3.05, 3.63) is 35.4 Å². The van der Waals surface area contributed by atoms with Crippen molar-refractivity contribution in [2.45, 2.75) is 20.0 Å². The maximum atomic E-state index is 11.3. The van der Waals surface area contributed by atoms with Gasteiger partial charge in [-0.2, -0.15) is 11.8 Å². The largest absolute Gasteiger partial charge is 0.352 e. The van der Waals surface area contributed by atoms with Gasteiger partial charge in [-0.3, -0.25) is 9.59 Å². The Morgan fingerprint density at radius 1 is 1.06 bits per heavy atom. The van der Waals surface area contributed by atoms with E-state index in [4.69, 9.17) is 0 Å². The SMILES string of the molecule is CSCC(=O)NCc1ccc(CNC(C)=O)cc1. The highest BCUT2D eigenvalue weighted by atomic mass is 32.2. The van der Waals surface area contributed by atoms with Crippen LogP contribution in [0, 0.1) is 0 Å². The van der Waals surface area contributed by atoms with Gasteiger partial charge < -0.3 is 10.6 Å². The average Bonchev–Trinajstić information content (AvgIpc) is 2.35. The lowest BCUT2D eigenvalue weighted by atomic mass is 10.1. The van der Waals surface area contributed by atoms with Crippen LogP contribution in [0.4, 0.5) is 0 Å². The van der Waals surface area contributed by atoms with Crippen molar-refractivity contribution in [1.29, 1.82) is 0 Å². The fourth-order valence-corrected chi connectivity index (χ4v) is 1.75. The molecule has 0 saturated carbocycles. The fraction of sp³-hybridized carbons (Fsp3) is 0.385. The topological polar surface area (TPSA) is 58.2 Å². The Morgan fingerprint density at radius 3 is 2.00 bits per heavy atom. The zero-order valence-electron chi connectivity index (χ0n) is 10.7. The molecule has 0 heterocycles. The minimum atomic E-state index is -0.0385. The van der Waals surface area contributed by atoms with Crippen LogP contribution in [0.2, 0.25) is 0 Å². The smallest absolute Gasteiger partial charge is 0.230 e. The van der Waals surface area contributed by atoms with Crippen LogP contribution in [0.1, 0.15) is 18.1 Å². The van der Waals surface area contributed by atoms with Crippen molar-refractivity contribution >= 4 is 23.6 Å². The predicted molar refractivity (Wildman–Crippen MR) is 74.2 cm³/mol. The lowest BCUT2D eigenvalue weighted by molar-refractivity contribution is -0.119. The third-order valence-corrected chi connectivity index (χ3v) is 2.88. The normalized spacial score (nSPS) is 9.89. The molecule has 0 saturated heterocycles. The Hall–Kier alpha value is -1.49. The molecule has 1 rings (SSSR count). The molecule has 0 aromatic heterocycles. The number of benzene rings is 1. The van der Waals surface area contributed by atoms with Crippen LogP contribution in [0.25, 0.3) is 0 Å². The van der Waals surface area contributed by atoms with E-state index in [1.807, 2.05) is 30.5 Å². The molecule has 1 aromatic carbocycles. The molecule has 0 atom stereocenters. The first-order valence-corrected chi connectivity index (χ1v) is 7.09. The maximum absolute atomic E-state index is 11.3. The predicted octanol–water partition coefficient (Wildman–Crippen LogP) is 1.30. The summed E-state index contributed by atoms with van der Waals surface area (Å²) in [6, 6.07) is 7.81. The first-order valence-electron chi connectivity index (χ1n) is 5.69. The van der Waals surface area contributed by atoms with Gasteiger partial charge in [-0.25, -0.2) is 0 Å². The summed E-state index contributed by atoms with van der Waals surface area (Å²) in [5.41, 5.74) is 2.10. The van der Waals surface area contributed by atoms with Gasteiger partial charge in [0.1, 0.15) is 0 Å². The Morgan fingerprint density at radius 2 is 1.56 bits per heavy atom. The highest BCUT2D eigenvalue weighted by Gasteiger charge is 2.00. The van der Waals surface area contributed by atoms with Crippen molar-refractivity contribution < 1.29 is 9.59 Å². The second kappa shape index (κ2) is 7.76. The van der Waals surface area contributed by atoms with Gasteiger partial charge in [0.25, 0.3) is 0 Å². The number of thioether (sulfide) groups is 1. The molecule has 2 amide bonds. The van der Waals surface area contributed by atoms with E-state index >= 15 is 0 Å². The van der Waals surface area contributed by atoms with Gasteiger partial charge in [0, 0.05) is 20.0 Å². The van der Waals surface area contributed by atoms with Crippen LogP contribution in [-0.4, -0.2) is 23.8 Å². The molecule has 0 aliphatic rings. The number of carbonyl (C=O) groups excluding carboxylic acids is 2. The fourth-order valence-electron chi connectivity index (χ4n) is 1.38. The van der Waals surface area contributed by atoms with Crippen molar-refractivity contribution in [3.63, 3.8) is 0 Å². The highest BCUT2D eigenvalue weighted by Crippen LogP contribution is 2.04. The molecule has 0 fully saturated rings. The maximum Gasteiger partial charge on any atom is 0.230 e. The molecule has 0 bridgehead atoms. The molecule has 0 aliphatic heterocycles. The summed E-state index contributed by atoms with van der Waals surface area (Å²) < 4.78 is 0. The van der Waals surface area contributed by atoms with E-state index in [0.29, 0.717) is 18.8 Å². The van der Waals surface area contributed by atoms with Gasteiger partial charge in [0.15, 0.2) is 0 Å². The standard InChI is InChI=1S/C13H18N2O2S/c1-10(16)14-7-11-3-5-12(6-4-11)8-15-13(17)9-18-2/h3-6H,7-9H2,1-2H3,(H,14,16)(H,15,17). The second-order valence-corrected chi connectivity index (χ2v) is 4.80. The van der Waals surface area contributed by atoms with Gasteiger partial charge >= 0.3 is 0 Å². The van der Waals surface area contributed by atoms with Gasteiger partial charge in [-0.05, 0) is 17.4 Å². The summed E-state index contributed by atoms with van der Waals surface area (Å²) in [4.78, 5) is 22.0. The van der Waals surface area contributed by atoms with Gasteiger partial charge in [-0.1, -0.05) is 24.3 Å². The average molecular weight is 266 g/mol. The lowest BCUT2D eigenvalue weighted by Crippen LogP contribution is -2.24. The summed E-state index contributed by atoms with van der Waals surface area (Å²) in [6.45, 7) is 2.57. The van der Waals surface area contributed by atoms with Crippen LogP contribution in [0.5, 0.6) is 0 Å². The first-order chi connectivity index (χ1) is 8.61. The van der Waals surface area contributed by atoms with Crippen LogP contribution < -0.4 is 10.6 Å². The molecular formula is C13H18N2O2S. The number of hydrogen-bond acceptors (Lipinski definition) is 3. The van der Waals surface area contributed by atoms with Crippen LogP contribution in [0.3, 0.4) is 0 Å². The summed E-state index contributed by atoms with van der Waals surface area (Å²) in [5, 5.41) is 5.58. The summed E-state index contributed by atoms with van der Waals surface area (Å²) in [6.07, 6.45) is 1.90. The van der Waals surface area contributed by atoms with Crippen LogP contribution in [-0.2, 0) is 22.7 Å². The molecule has 0 aliphatic carbocycles. The van der Waals surface area contributed by atoms with Crippen molar-refractivity contribution in [1.82, 2.24) is 10.6 Å². The van der Waals surface area contributed by atoms with Crippen molar-refractivity contribution in [2.75, 3.05) is 12.0 Å². The molecule has 98 valence electrons. The zero-order chi connectivity index (χ0) is 13.4. The number of amides is 2. The lowest BCUT2D eigenvalue weighted by Gasteiger charge is -2.06. The molecule has 4 nitrogen and oxygen atoms in total. The number of nitrogens with one attached hydrogen (secondary N) is 2. The minimum Gasteiger partial charge on any atom is -0.352 e. The van der Waals surface area contributed by atoms with E-state index in [-0.39, 0.29) is 11.8 Å². The Bertz CT molecular complexity index is 404. The zero-order valence-corrected chi connectivity index (χ0v) is 11.5. The van der Waals surface area contributed by atoms with E-state index in [2.05, 4.69) is 10.6 Å². The second-order valence-electron chi connectivity index (χ2n) is 3.94. The third kappa shape index (κ3) is 5.72. The quantitative estimate of drug-likeness (QED) is 0.816. The number of hydrogen-bond donors (Lipinski definition) is 2. The molecule has 18 heavy (non-hydrogen) atoms. The Kier molecular flexibility index (Phi) is 6.28. The highest BCUT2D eigenvalue weighted by molar-refractivity contribution is 7.99. The minimum absolute atomic E-state index is 0.0385. The van der Waals surface area contributed by atoms with E-state index in [9.17, 15) is 9.59 Å². The summed E-state index contributed by atoms with van der Waals surface area (Å²) >= 11 is 1.50. The summed E-state index contributed by atoms with van der Waals surface area (Å²) in [7, 11) is 0. The van der Waals surface area contributed by atoms with Crippen LogP contribution in [0.15, 0.2) is 24.3 Å². The van der Waals surface area contributed by atoms with Crippen molar-refractivity contribution in [3.8, 4) is 0 Å². The summed E-state index contributed by atoms with van der Waals surface area (Å²) in [5.74, 6) is 0.494. The van der Waals surface area contributed by atoms with Crippen LogP contribution >= 0.6 is 11.8 Å². The Balaban J connectivity index is 2.40. The molecule has 0 radical (unpaired) electrons. The molecule has 2 N–H and O–H groups in total. The van der Waals surface area contributed by atoms with E-state index in [1.54, 1.807) is 0 Å². The van der Waals surface area contributed by atoms with E-state index in [1.165, 1.54) is 18.7 Å². The Labute approximate surface area is 112 Å².